The van der Waals surface area contributed by atoms with Crippen molar-refractivity contribution >= 4 is 12.1 Å². The molecule has 0 bridgehead atoms. The maximum Gasteiger partial charge on any atom is 0.411 e. The number of carbonyl (C=O) groups is 2. The first-order valence-corrected chi connectivity index (χ1v) is 6.29. The number of amides is 1. The third kappa shape index (κ3) is 7.00. The number of methoxy groups -OCH3 is 1. The van der Waals surface area contributed by atoms with Crippen molar-refractivity contribution in [1.82, 2.24) is 4.90 Å². The van der Waals surface area contributed by atoms with Gasteiger partial charge in [0.1, 0.15) is 11.6 Å². The second-order valence-electron chi connectivity index (χ2n) is 5.71. The summed E-state index contributed by atoms with van der Waals surface area (Å²) < 4.78 is 10.2. The molecule has 0 spiro atoms. The number of carboxylic acid groups (broad SMARTS) is 1. The summed E-state index contributed by atoms with van der Waals surface area (Å²) in [6.45, 7) is 9.30. The third-order valence-electron chi connectivity index (χ3n) is 2.41. The highest BCUT2D eigenvalue weighted by molar-refractivity contribution is 5.79. The number of aliphatic carboxylic acids is 1. The fourth-order valence-electron chi connectivity index (χ4n) is 1.52. The molecule has 0 aromatic heterocycles. The molecule has 0 saturated carbocycles. The second-order valence-corrected chi connectivity index (χ2v) is 5.71. The zero-order valence-corrected chi connectivity index (χ0v) is 12.6. The van der Waals surface area contributed by atoms with Crippen molar-refractivity contribution in [3.63, 3.8) is 0 Å². The van der Waals surface area contributed by atoms with Gasteiger partial charge in [-0.25, -0.2) is 9.59 Å². The van der Waals surface area contributed by atoms with Crippen LogP contribution in [0.4, 0.5) is 4.79 Å². The van der Waals surface area contributed by atoms with Crippen LogP contribution < -0.4 is 0 Å². The van der Waals surface area contributed by atoms with Crippen LogP contribution >= 0.6 is 0 Å². The van der Waals surface area contributed by atoms with Crippen LogP contribution in [0, 0.1) is 5.92 Å². The first kappa shape index (κ1) is 17.7. The molecular weight excluding hydrogens is 250 g/mol. The molecule has 0 unspecified atom stereocenters. The van der Waals surface area contributed by atoms with Crippen molar-refractivity contribution in [3.8, 4) is 0 Å². The monoisotopic (exact) mass is 275 g/mol. The Balaban J connectivity index is 4.85. The Morgan fingerprint density at radius 1 is 1.26 bits per heavy atom. The molecule has 112 valence electrons. The molecule has 0 aliphatic rings. The molecule has 0 radical (unpaired) electrons. The van der Waals surface area contributed by atoms with Crippen molar-refractivity contribution in [2.24, 2.45) is 5.92 Å². The first-order valence-electron chi connectivity index (χ1n) is 6.29. The van der Waals surface area contributed by atoms with Gasteiger partial charge in [0.25, 0.3) is 0 Å². The topological polar surface area (TPSA) is 76.1 Å². The van der Waals surface area contributed by atoms with Gasteiger partial charge in [-0.05, 0) is 33.6 Å². The minimum Gasteiger partial charge on any atom is -0.480 e. The summed E-state index contributed by atoms with van der Waals surface area (Å²) in [6, 6.07) is -0.936. The Bertz CT molecular complexity index is 311. The average Bonchev–Trinajstić information content (AvgIpc) is 2.22. The second kappa shape index (κ2) is 7.33. The van der Waals surface area contributed by atoms with E-state index in [1.807, 2.05) is 6.92 Å². The largest absolute Gasteiger partial charge is 0.480 e. The maximum atomic E-state index is 12.0. The number of ether oxygens (including phenoxy) is 2. The molecule has 1 N–H and O–H groups in total. The van der Waals surface area contributed by atoms with Gasteiger partial charge in [-0.3, -0.25) is 4.90 Å². The summed E-state index contributed by atoms with van der Waals surface area (Å²) in [7, 11) is 1.56. The Kier molecular flexibility index (Phi) is 6.83. The van der Waals surface area contributed by atoms with Gasteiger partial charge < -0.3 is 14.6 Å². The van der Waals surface area contributed by atoms with Gasteiger partial charge >= 0.3 is 12.1 Å². The predicted molar refractivity (Wildman–Crippen MR) is 71.1 cm³/mol. The minimum atomic E-state index is -1.06. The van der Waals surface area contributed by atoms with E-state index in [1.54, 1.807) is 27.9 Å². The van der Waals surface area contributed by atoms with E-state index in [0.29, 0.717) is 6.61 Å². The van der Waals surface area contributed by atoms with E-state index in [2.05, 4.69) is 0 Å². The maximum absolute atomic E-state index is 12.0. The Hall–Kier alpha value is -1.30. The van der Waals surface area contributed by atoms with Gasteiger partial charge in [0.05, 0.1) is 6.61 Å². The van der Waals surface area contributed by atoms with Crippen LogP contribution in [-0.2, 0) is 14.3 Å². The van der Waals surface area contributed by atoms with Crippen molar-refractivity contribution in [1.29, 1.82) is 0 Å². The number of rotatable bonds is 6. The molecule has 0 aromatic carbocycles. The number of carboxylic acids is 1. The summed E-state index contributed by atoms with van der Waals surface area (Å²) in [5, 5.41) is 9.06. The van der Waals surface area contributed by atoms with Gasteiger partial charge in [-0.1, -0.05) is 6.92 Å². The highest BCUT2D eigenvalue weighted by Gasteiger charge is 2.30. The molecule has 0 aromatic rings. The zero-order chi connectivity index (χ0) is 15.2. The van der Waals surface area contributed by atoms with Gasteiger partial charge in [0, 0.05) is 13.7 Å². The average molecular weight is 275 g/mol. The lowest BCUT2D eigenvalue weighted by Crippen LogP contribution is -2.47. The zero-order valence-electron chi connectivity index (χ0n) is 12.6. The molecule has 0 rings (SSSR count). The van der Waals surface area contributed by atoms with E-state index in [0.717, 1.165) is 0 Å². The van der Waals surface area contributed by atoms with Crippen molar-refractivity contribution < 1.29 is 24.2 Å². The number of nitrogens with zero attached hydrogens (tertiary/aromatic N) is 1. The van der Waals surface area contributed by atoms with Crippen LogP contribution in [0.5, 0.6) is 0 Å². The predicted octanol–water partition coefficient (Wildman–Crippen LogP) is 1.98. The summed E-state index contributed by atoms with van der Waals surface area (Å²) in [6.07, 6.45) is -0.620. The molecular formula is C13H25NO5. The number of hydrogen-bond acceptors (Lipinski definition) is 4. The molecule has 1 amide bonds. The van der Waals surface area contributed by atoms with Crippen LogP contribution in [0.2, 0.25) is 0 Å². The van der Waals surface area contributed by atoms with Crippen LogP contribution in [0.3, 0.4) is 0 Å². The SMILES string of the molecule is COC[C@@H](C)CN(C(=O)OC(C)(C)C)[C@@H](C)C(=O)O. The number of hydrogen-bond donors (Lipinski definition) is 1. The van der Waals surface area contributed by atoms with Crippen molar-refractivity contribution in [2.45, 2.75) is 46.3 Å². The fraction of sp³-hybridized carbons (Fsp3) is 0.846. The summed E-state index contributed by atoms with van der Waals surface area (Å²) in [5.41, 5.74) is -0.655. The fourth-order valence-corrected chi connectivity index (χ4v) is 1.52. The molecule has 2 atom stereocenters. The van der Waals surface area contributed by atoms with Gasteiger partial charge in [-0.15, -0.1) is 0 Å². The summed E-state index contributed by atoms with van der Waals surface area (Å²) in [4.78, 5) is 24.3. The van der Waals surface area contributed by atoms with E-state index in [1.165, 1.54) is 11.8 Å². The molecule has 0 heterocycles. The summed E-state index contributed by atoms with van der Waals surface area (Å²) in [5.74, 6) is -1.03. The lowest BCUT2D eigenvalue weighted by molar-refractivity contribution is -0.142. The van der Waals surface area contributed by atoms with Crippen LogP contribution in [0.1, 0.15) is 34.6 Å². The standard InChI is InChI=1S/C13H25NO5/c1-9(8-18-6)7-14(10(2)11(15)16)12(17)19-13(3,4)5/h9-10H,7-8H2,1-6H3,(H,15,16)/t9-,10-/m0/s1. The highest BCUT2D eigenvalue weighted by atomic mass is 16.6. The van der Waals surface area contributed by atoms with Crippen molar-refractivity contribution in [3.05, 3.63) is 0 Å². The highest BCUT2D eigenvalue weighted by Crippen LogP contribution is 2.14. The molecule has 19 heavy (non-hydrogen) atoms. The normalized spacial score (nSPS) is 14.6. The third-order valence-corrected chi connectivity index (χ3v) is 2.41. The summed E-state index contributed by atoms with van der Waals surface area (Å²) >= 11 is 0. The van der Waals surface area contributed by atoms with Crippen LogP contribution in [-0.4, -0.2) is 54.0 Å². The lowest BCUT2D eigenvalue weighted by Gasteiger charge is -2.31. The van der Waals surface area contributed by atoms with E-state index in [4.69, 9.17) is 14.6 Å². The van der Waals surface area contributed by atoms with Crippen LogP contribution in [0.25, 0.3) is 0 Å². The van der Waals surface area contributed by atoms with E-state index in [-0.39, 0.29) is 12.5 Å². The smallest absolute Gasteiger partial charge is 0.411 e. The first-order chi connectivity index (χ1) is 8.58. The molecule has 0 aliphatic heterocycles. The molecule has 0 saturated heterocycles. The molecule has 0 aliphatic carbocycles. The minimum absolute atomic E-state index is 0.0271. The Morgan fingerprint density at radius 2 is 1.79 bits per heavy atom. The van der Waals surface area contributed by atoms with Gasteiger partial charge in [0.15, 0.2) is 0 Å². The molecule has 0 fully saturated rings. The van der Waals surface area contributed by atoms with Gasteiger partial charge in [-0.2, -0.15) is 0 Å². The molecule has 6 heteroatoms. The van der Waals surface area contributed by atoms with Crippen molar-refractivity contribution in [2.75, 3.05) is 20.3 Å². The van der Waals surface area contributed by atoms with E-state index >= 15 is 0 Å². The molecule has 6 nitrogen and oxygen atoms in total. The lowest BCUT2D eigenvalue weighted by atomic mass is 10.1. The van der Waals surface area contributed by atoms with Gasteiger partial charge in [0.2, 0.25) is 0 Å². The van der Waals surface area contributed by atoms with E-state index < -0.39 is 23.7 Å². The van der Waals surface area contributed by atoms with Crippen LogP contribution in [0.15, 0.2) is 0 Å². The number of carbonyl (C=O) groups excluding carboxylic acids is 1. The Morgan fingerprint density at radius 3 is 2.16 bits per heavy atom. The van der Waals surface area contributed by atoms with E-state index in [9.17, 15) is 9.59 Å². The Labute approximate surface area is 114 Å². The quantitative estimate of drug-likeness (QED) is 0.802.